The maximum atomic E-state index is 10.6. The lowest BCUT2D eigenvalue weighted by atomic mass is 9.91. The number of rotatable bonds is 24. The highest BCUT2D eigenvalue weighted by Crippen LogP contribution is 2.23. The Morgan fingerprint density at radius 2 is 0.586 bits per heavy atom. The molecule has 0 saturated heterocycles. The topological polar surface area (TPSA) is 20.2 Å². The fraction of sp³-hybridized carbons (Fsp3) is 1.00. The van der Waals surface area contributed by atoms with Gasteiger partial charge in [0.2, 0.25) is 0 Å². The Morgan fingerprint density at radius 1 is 0.379 bits per heavy atom. The smallest absolute Gasteiger partial charge is 0.0619 e. The number of unbranched alkanes of at least 4 members (excludes halogenated alkanes) is 20. The van der Waals surface area contributed by atoms with Gasteiger partial charge in [0.1, 0.15) is 0 Å². The molecule has 0 spiro atoms. The van der Waals surface area contributed by atoms with Gasteiger partial charge in [0.05, 0.1) is 5.60 Å². The molecule has 0 rings (SSSR count). The third kappa shape index (κ3) is 24.1. The Balaban J connectivity index is 3.26. The number of hydrogen-bond donors (Lipinski definition) is 1. The Bertz CT molecular complexity index is 297. The molecule has 0 aliphatic carbocycles. The number of aliphatic hydroxyl groups is 1. The molecule has 0 saturated carbocycles. The standard InChI is InChI=1S/C28H58O/c1-4-6-8-10-12-13-14-15-16-17-18-19-21-23-25-27-28(3,29)26-24-22-20-11-9-7-5-2/h29H,4-27H2,1-3H3. The number of hydrogen-bond acceptors (Lipinski definition) is 1. The summed E-state index contributed by atoms with van der Waals surface area (Å²) in [5.41, 5.74) is -0.417. The Labute approximate surface area is 185 Å². The first-order valence-corrected chi connectivity index (χ1v) is 13.8. The van der Waals surface area contributed by atoms with Crippen LogP contribution in [0.25, 0.3) is 0 Å². The second-order valence-corrected chi connectivity index (χ2v) is 10.1. The van der Waals surface area contributed by atoms with Crippen molar-refractivity contribution in [3.8, 4) is 0 Å². The molecule has 0 aromatic rings. The summed E-state index contributed by atoms with van der Waals surface area (Å²) >= 11 is 0. The van der Waals surface area contributed by atoms with Gasteiger partial charge in [-0.1, -0.05) is 155 Å². The highest BCUT2D eigenvalue weighted by Gasteiger charge is 2.18. The van der Waals surface area contributed by atoms with E-state index in [4.69, 9.17) is 0 Å². The third-order valence-corrected chi connectivity index (χ3v) is 6.64. The third-order valence-electron chi connectivity index (χ3n) is 6.64. The molecule has 0 aromatic carbocycles. The first kappa shape index (κ1) is 29.0. The molecule has 0 fully saturated rings. The van der Waals surface area contributed by atoms with Crippen molar-refractivity contribution in [3.63, 3.8) is 0 Å². The second kappa shape index (κ2) is 22.6. The maximum absolute atomic E-state index is 10.6. The van der Waals surface area contributed by atoms with Crippen LogP contribution in [0.15, 0.2) is 0 Å². The van der Waals surface area contributed by atoms with E-state index >= 15 is 0 Å². The van der Waals surface area contributed by atoms with Crippen LogP contribution in [0.5, 0.6) is 0 Å². The highest BCUT2D eigenvalue weighted by atomic mass is 16.3. The van der Waals surface area contributed by atoms with Crippen molar-refractivity contribution in [2.45, 2.75) is 180 Å². The summed E-state index contributed by atoms with van der Waals surface area (Å²) in [7, 11) is 0. The molecule has 1 unspecified atom stereocenters. The molecule has 0 heterocycles. The van der Waals surface area contributed by atoms with E-state index in [0.717, 1.165) is 12.8 Å². The molecular weight excluding hydrogens is 352 g/mol. The summed E-state index contributed by atoms with van der Waals surface area (Å²) in [6.07, 6.45) is 32.5. The minimum Gasteiger partial charge on any atom is -0.390 e. The minimum atomic E-state index is -0.417. The van der Waals surface area contributed by atoms with E-state index in [2.05, 4.69) is 20.8 Å². The Morgan fingerprint density at radius 3 is 0.828 bits per heavy atom. The van der Waals surface area contributed by atoms with Crippen LogP contribution in [0.3, 0.4) is 0 Å². The minimum absolute atomic E-state index is 0.417. The van der Waals surface area contributed by atoms with Gasteiger partial charge in [-0.15, -0.1) is 0 Å². The zero-order valence-corrected chi connectivity index (χ0v) is 20.9. The monoisotopic (exact) mass is 410 g/mol. The Hall–Kier alpha value is -0.0400. The van der Waals surface area contributed by atoms with Crippen molar-refractivity contribution < 1.29 is 5.11 Å². The first-order chi connectivity index (χ1) is 14.1. The maximum Gasteiger partial charge on any atom is 0.0619 e. The van der Waals surface area contributed by atoms with E-state index in [-0.39, 0.29) is 0 Å². The van der Waals surface area contributed by atoms with Crippen LogP contribution < -0.4 is 0 Å². The van der Waals surface area contributed by atoms with Gasteiger partial charge in [-0.25, -0.2) is 0 Å². The molecule has 1 heteroatoms. The molecule has 1 nitrogen and oxygen atoms in total. The average molecular weight is 411 g/mol. The van der Waals surface area contributed by atoms with Crippen molar-refractivity contribution in [3.05, 3.63) is 0 Å². The second-order valence-electron chi connectivity index (χ2n) is 10.1. The fourth-order valence-electron chi connectivity index (χ4n) is 4.47. The summed E-state index contributed by atoms with van der Waals surface area (Å²) in [4.78, 5) is 0. The van der Waals surface area contributed by atoms with Crippen LogP contribution in [-0.4, -0.2) is 10.7 Å². The van der Waals surface area contributed by atoms with E-state index < -0.39 is 5.60 Å². The summed E-state index contributed by atoms with van der Waals surface area (Å²) in [6.45, 7) is 6.63. The van der Waals surface area contributed by atoms with E-state index in [0.29, 0.717) is 0 Å². The van der Waals surface area contributed by atoms with Crippen molar-refractivity contribution >= 4 is 0 Å². The fourth-order valence-corrected chi connectivity index (χ4v) is 4.47. The molecule has 0 aromatic heterocycles. The van der Waals surface area contributed by atoms with E-state index in [1.807, 2.05) is 0 Å². The molecule has 0 amide bonds. The zero-order chi connectivity index (χ0) is 21.5. The molecule has 0 aliphatic heterocycles. The molecule has 1 N–H and O–H groups in total. The van der Waals surface area contributed by atoms with Gasteiger partial charge in [-0.05, 0) is 19.8 Å². The lowest BCUT2D eigenvalue weighted by Gasteiger charge is -2.23. The van der Waals surface area contributed by atoms with Crippen LogP contribution >= 0.6 is 0 Å². The summed E-state index contributed by atoms with van der Waals surface area (Å²) in [6, 6.07) is 0. The highest BCUT2D eigenvalue weighted by molar-refractivity contribution is 4.72. The van der Waals surface area contributed by atoms with Gasteiger partial charge in [0.15, 0.2) is 0 Å². The van der Waals surface area contributed by atoms with Gasteiger partial charge in [-0.3, -0.25) is 0 Å². The molecule has 176 valence electrons. The molecule has 0 aliphatic rings. The molecule has 1 atom stereocenters. The van der Waals surface area contributed by atoms with Crippen LogP contribution in [0.2, 0.25) is 0 Å². The lowest BCUT2D eigenvalue weighted by Crippen LogP contribution is -2.23. The van der Waals surface area contributed by atoms with Gasteiger partial charge >= 0.3 is 0 Å². The quantitative estimate of drug-likeness (QED) is 0.157. The molecule has 29 heavy (non-hydrogen) atoms. The predicted octanol–water partition coefficient (Wildman–Crippen LogP) is 10.1. The Kier molecular flexibility index (Phi) is 22.6. The molecule has 0 bridgehead atoms. The van der Waals surface area contributed by atoms with Crippen molar-refractivity contribution in [1.29, 1.82) is 0 Å². The summed E-state index contributed by atoms with van der Waals surface area (Å²) in [5, 5.41) is 10.6. The summed E-state index contributed by atoms with van der Waals surface area (Å²) in [5.74, 6) is 0. The lowest BCUT2D eigenvalue weighted by molar-refractivity contribution is 0.0366. The van der Waals surface area contributed by atoms with E-state index in [1.165, 1.54) is 141 Å². The molecule has 0 radical (unpaired) electrons. The SMILES string of the molecule is CCCCCCCCCCCCCCCCCC(C)(O)CCCCCCCCC. The van der Waals surface area contributed by atoms with Crippen LogP contribution in [0.4, 0.5) is 0 Å². The van der Waals surface area contributed by atoms with Gasteiger partial charge in [0, 0.05) is 0 Å². The summed E-state index contributed by atoms with van der Waals surface area (Å²) < 4.78 is 0. The zero-order valence-electron chi connectivity index (χ0n) is 20.9. The van der Waals surface area contributed by atoms with Crippen LogP contribution in [-0.2, 0) is 0 Å². The van der Waals surface area contributed by atoms with Crippen molar-refractivity contribution in [2.75, 3.05) is 0 Å². The first-order valence-electron chi connectivity index (χ1n) is 13.8. The van der Waals surface area contributed by atoms with Crippen LogP contribution in [0, 0.1) is 0 Å². The van der Waals surface area contributed by atoms with Crippen LogP contribution in [0.1, 0.15) is 175 Å². The van der Waals surface area contributed by atoms with Crippen molar-refractivity contribution in [2.24, 2.45) is 0 Å². The van der Waals surface area contributed by atoms with Gasteiger partial charge in [-0.2, -0.15) is 0 Å². The largest absolute Gasteiger partial charge is 0.390 e. The molecular formula is C28H58O. The predicted molar refractivity (Wildman–Crippen MR) is 133 cm³/mol. The van der Waals surface area contributed by atoms with Gasteiger partial charge < -0.3 is 5.11 Å². The van der Waals surface area contributed by atoms with Gasteiger partial charge in [0.25, 0.3) is 0 Å². The van der Waals surface area contributed by atoms with E-state index in [1.54, 1.807) is 0 Å². The van der Waals surface area contributed by atoms with Crippen molar-refractivity contribution in [1.82, 2.24) is 0 Å². The van der Waals surface area contributed by atoms with E-state index in [9.17, 15) is 5.11 Å². The average Bonchev–Trinajstić information content (AvgIpc) is 2.70. The normalized spacial score (nSPS) is 13.7.